The second kappa shape index (κ2) is 10.6. The molecule has 2 heteroatoms. The lowest BCUT2D eigenvalue weighted by atomic mass is 9.76. The van der Waals surface area contributed by atoms with Crippen LogP contribution in [-0.2, 0) is 5.41 Å². The van der Waals surface area contributed by atoms with E-state index in [9.17, 15) is 0 Å². The molecule has 0 fully saturated rings. The summed E-state index contributed by atoms with van der Waals surface area (Å²) in [4.78, 5) is 0. The molecule has 2 aromatic heterocycles. The van der Waals surface area contributed by atoms with Crippen molar-refractivity contribution in [3.8, 4) is 33.4 Å². The lowest BCUT2D eigenvalue weighted by Crippen LogP contribution is -2.16. The Kier molecular flexibility index (Phi) is 5.97. The quantitative estimate of drug-likeness (QED) is 0.157. The van der Waals surface area contributed by atoms with Crippen LogP contribution in [0.4, 0.5) is 0 Å². The molecule has 11 aromatic rings. The first-order chi connectivity index (χ1) is 26.1. The zero-order valence-electron chi connectivity index (χ0n) is 29.3. The van der Waals surface area contributed by atoms with Crippen molar-refractivity contribution in [2.75, 3.05) is 0 Å². The summed E-state index contributed by atoms with van der Waals surface area (Å²) in [7, 11) is 0. The molecule has 0 amide bonds. The van der Waals surface area contributed by atoms with E-state index in [0.29, 0.717) is 0 Å². The second-order valence-electron chi connectivity index (χ2n) is 15.1. The van der Waals surface area contributed by atoms with Crippen molar-refractivity contribution >= 4 is 95.3 Å². The molecule has 1 aliphatic rings. The number of rotatable bonds is 2. The van der Waals surface area contributed by atoms with Gasteiger partial charge in [0.2, 0.25) is 0 Å². The summed E-state index contributed by atoms with van der Waals surface area (Å²) in [6.45, 7) is 4.87. The molecule has 0 bridgehead atoms. The molecule has 0 radical (unpaired) electrons. The van der Waals surface area contributed by atoms with Gasteiger partial charge in [-0.2, -0.15) is 0 Å². The Labute approximate surface area is 315 Å². The van der Waals surface area contributed by atoms with Gasteiger partial charge >= 0.3 is 0 Å². The molecule has 0 nitrogen and oxygen atoms in total. The van der Waals surface area contributed by atoms with E-state index in [1.54, 1.807) is 0 Å². The summed E-state index contributed by atoms with van der Waals surface area (Å²) < 4.78 is 5.39. The fourth-order valence-electron chi connectivity index (χ4n) is 9.77. The maximum absolute atomic E-state index is 2.57. The van der Waals surface area contributed by atoms with Crippen LogP contribution >= 0.6 is 22.7 Å². The van der Waals surface area contributed by atoms with Crippen LogP contribution in [0.2, 0.25) is 0 Å². The van der Waals surface area contributed by atoms with Crippen molar-refractivity contribution in [3.63, 3.8) is 0 Å². The van der Waals surface area contributed by atoms with Crippen LogP contribution < -0.4 is 0 Å². The highest BCUT2D eigenvalue weighted by molar-refractivity contribution is 7.26. The Hall–Kier alpha value is -5.80. The van der Waals surface area contributed by atoms with Gasteiger partial charge in [-0.25, -0.2) is 0 Å². The van der Waals surface area contributed by atoms with Gasteiger partial charge in [0.05, 0.1) is 0 Å². The third kappa shape index (κ3) is 3.95. The van der Waals surface area contributed by atoms with Gasteiger partial charge in [0, 0.05) is 51.1 Å². The summed E-state index contributed by atoms with van der Waals surface area (Å²) in [5.41, 5.74) is 10.7. The van der Waals surface area contributed by atoms with E-state index >= 15 is 0 Å². The normalized spacial score (nSPS) is 13.6. The number of hydrogen-bond acceptors (Lipinski definition) is 2. The molecule has 1 aliphatic carbocycles. The van der Waals surface area contributed by atoms with E-state index in [1.807, 2.05) is 22.7 Å². The summed E-state index contributed by atoms with van der Waals surface area (Å²) in [6.07, 6.45) is 0. The van der Waals surface area contributed by atoms with Crippen LogP contribution in [0.15, 0.2) is 158 Å². The average Bonchev–Trinajstić information content (AvgIpc) is 3.84. The highest BCUT2D eigenvalue weighted by atomic mass is 32.1. The number of thiophene rings is 2. The number of fused-ring (bicyclic) bond motifs is 14. The number of benzene rings is 9. The Bertz CT molecular complexity index is 3310. The zero-order chi connectivity index (χ0) is 35.0. The van der Waals surface area contributed by atoms with Crippen LogP contribution in [0, 0.1) is 0 Å². The lowest BCUT2D eigenvalue weighted by Gasteiger charge is -2.27. The van der Waals surface area contributed by atoms with Gasteiger partial charge in [-0.3, -0.25) is 0 Å². The smallest absolute Gasteiger partial charge is 0.0434 e. The summed E-state index contributed by atoms with van der Waals surface area (Å²) >= 11 is 3.81. The van der Waals surface area contributed by atoms with Gasteiger partial charge in [0.15, 0.2) is 0 Å². The highest BCUT2D eigenvalue weighted by Crippen LogP contribution is 2.58. The molecule has 2 heterocycles. The second-order valence-corrected chi connectivity index (χ2v) is 17.3. The molecule has 12 rings (SSSR count). The third-order valence-corrected chi connectivity index (χ3v) is 14.4. The standard InChI is InChI=1S/C51H32S2/c1-51(2)42-20-10-7-19-38(42)48-36-24-25-37-30-13-8-12-22-44(30)53-50(37)40(36)28-41(49(48)51)47-34-17-5-3-15-32(34)46(33-16-4-6-18-35(33)47)29-23-26-45-39(27-29)31-14-9-11-21-43(31)52-45/h3-28H,1-2H3. The maximum atomic E-state index is 2.57. The Morgan fingerprint density at radius 3 is 1.60 bits per heavy atom. The minimum atomic E-state index is -0.184. The van der Waals surface area contributed by atoms with Crippen molar-refractivity contribution < 1.29 is 0 Å². The third-order valence-electron chi connectivity index (χ3n) is 12.0. The van der Waals surface area contributed by atoms with Crippen molar-refractivity contribution in [2.45, 2.75) is 19.3 Å². The summed E-state index contributed by atoms with van der Waals surface area (Å²) in [5, 5.41) is 13.2. The molecule has 53 heavy (non-hydrogen) atoms. The molecule has 0 aliphatic heterocycles. The summed E-state index contributed by atoms with van der Waals surface area (Å²) in [6, 6.07) is 59.6. The van der Waals surface area contributed by atoms with E-state index in [4.69, 9.17) is 0 Å². The van der Waals surface area contributed by atoms with Crippen LogP contribution in [0.3, 0.4) is 0 Å². The Morgan fingerprint density at radius 2 is 0.887 bits per heavy atom. The van der Waals surface area contributed by atoms with Gasteiger partial charge in [-0.15, -0.1) is 22.7 Å². The van der Waals surface area contributed by atoms with Crippen LogP contribution in [0.5, 0.6) is 0 Å². The Morgan fingerprint density at radius 1 is 0.358 bits per heavy atom. The van der Waals surface area contributed by atoms with Crippen molar-refractivity contribution in [1.29, 1.82) is 0 Å². The Balaban J connectivity index is 1.25. The fourth-order valence-corrected chi connectivity index (χ4v) is 12.1. The minimum Gasteiger partial charge on any atom is -0.135 e. The first kappa shape index (κ1) is 29.7. The fraction of sp³-hybridized carbons (Fsp3) is 0.0588. The molecular formula is C51H32S2. The van der Waals surface area contributed by atoms with E-state index in [1.165, 1.54) is 117 Å². The predicted molar refractivity (Wildman–Crippen MR) is 233 cm³/mol. The molecule has 0 saturated heterocycles. The van der Waals surface area contributed by atoms with Crippen molar-refractivity contribution in [3.05, 3.63) is 169 Å². The van der Waals surface area contributed by atoms with Crippen molar-refractivity contribution in [2.24, 2.45) is 0 Å². The summed E-state index contributed by atoms with van der Waals surface area (Å²) in [5.74, 6) is 0. The first-order valence-corrected chi connectivity index (χ1v) is 20.1. The van der Waals surface area contributed by atoms with Gasteiger partial charge in [-0.05, 0) is 102 Å². The molecule has 0 atom stereocenters. The molecule has 248 valence electrons. The van der Waals surface area contributed by atoms with Gasteiger partial charge < -0.3 is 0 Å². The monoisotopic (exact) mass is 708 g/mol. The molecular weight excluding hydrogens is 677 g/mol. The maximum Gasteiger partial charge on any atom is 0.0434 e. The van der Waals surface area contributed by atoms with Crippen LogP contribution in [0.1, 0.15) is 25.0 Å². The van der Waals surface area contributed by atoms with Crippen LogP contribution in [0.25, 0.3) is 106 Å². The lowest BCUT2D eigenvalue weighted by molar-refractivity contribution is 0.662. The largest absolute Gasteiger partial charge is 0.135 e. The van der Waals surface area contributed by atoms with Gasteiger partial charge in [-0.1, -0.05) is 141 Å². The molecule has 0 unspecified atom stereocenters. The van der Waals surface area contributed by atoms with Crippen LogP contribution in [-0.4, -0.2) is 0 Å². The zero-order valence-corrected chi connectivity index (χ0v) is 31.0. The molecule has 0 N–H and O–H groups in total. The van der Waals surface area contributed by atoms with Gasteiger partial charge in [0.25, 0.3) is 0 Å². The highest BCUT2D eigenvalue weighted by Gasteiger charge is 2.39. The van der Waals surface area contributed by atoms with E-state index < -0.39 is 0 Å². The molecule has 0 saturated carbocycles. The topological polar surface area (TPSA) is 0 Å². The van der Waals surface area contributed by atoms with Crippen molar-refractivity contribution in [1.82, 2.24) is 0 Å². The average molecular weight is 709 g/mol. The van der Waals surface area contributed by atoms with E-state index in [2.05, 4.69) is 172 Å². The van der Waals surface area contributed by atoms with E-state index in [0.717, 1.165) is 0 Å². The molecule has 9 aromatic carbocycles. The molecule has 0 spiro atoms. The van der Waals surface area contributed by atoms with Gasteiger partial charge in [0.1, 0.15) is 0 Å². The first-order valence-electron chi connectivity index (χ1n) is 18.4. The SMILES string of the molecule is CC1(C)c2ccccc2-c2c1c(-c1c3ccccc3c(-c3ccc4sc5ccccc5c4c3)c3ccccc13)cc1c2ccc2c3ccccc3sc12. The number of hydrogen-bond donors (Lipinski definition) is 0. The predicted octanol–water partition coefficient (Wildman–Crippen LogP) is 15.5. The van der Waals surface area contributed by atoms with E-state index in [-0.39, 0.29) is 5.41 Å². The minimum absolute atomic E-state index is 0.184.